The predicted molar refractivity (Wildman–Crippen MR) is 133 cm³/mol. The summed E-state index contributed by atoms with van der Waals surface area (Å²) < 4.78 is 0. The molecule has 2 aromatic rings. The van der Waals surface area contributed by atoms with Crippen LogP contribution in [-0.2, 0) is 16.1 Å². The molecule has 1 fully saturated rings. The Hall–Kier alpha value is -2.70. The zero-order valence-electron chi connectivity index (χ0n) is 20.0. The summed E-state index contributed by atoms with van der Waals surface area (Å²) >= 11 is 0. The number of nitrogens with zero attached hydrogens (tertiary/aromatic N) is 2. The Bertz CT molecular complexity index is 849. The maximum Gasteiger partial charge on any atom is 0.247 e. The predicted octanol–water partition coefficient (Wildman–Crippen LogP) is 3.21. The van der Waals surface area contributed by atoms with Crippen LogP contribution in [0.2, 0.25) is 0 Å². The molecule has 1 saturated heterocycles. The molecule has 1 aliphatic heterocycles. The van der Waals surface area contributed by atoms with Crippen LogP contribution in [0.15, 0.2) is 60.7 Å². The fraction of sp³-hybridized carbons (Fsp3) is 0.481. The molecular weight excluding hydrogens is 412 g/mol. The van der Waals surface area contributed by atoms with Crippen LogP contribution in [0.3, 0.4) is 0 Å². The Labute approximate surface area is 198 Å². The van der Waals surface area contributed by atoms with Gasteiger partial charge in [-0.1, -0.05) is 74.5 Å². The largest absolute Gasteiger partial charge is 0.354 e. The van der Waals surface area contributed by atoms with Crippen molar-refractivity contribution in [2.45, 2.75) is 39.3 Å². The lowest BCUT2D eigenvalue weighted by Crippen LogP contribution is -2.46. The number of carbonyl (C=O) groups is 2. The van der Waals surface area contributed by atoms with E-state index in [9.17, 15) is 9.59 Å². The standard InChI is InChI=1S/C27H38N4O2/c1-22(2)20-25(32)29-26(24-12-7-4-8-13-24)27(33)28-14-9-15-30-16-18-31(19-17-30)21-23-10-5-3-6-11-23/h3-8,10-13,22,26H,9,14-21H2,1-2H3,(H,28,33)(H,29,32). The summed E-state index contributed by atoms with van der Waals surface area (Å²) in [6, 6.07) is 19.4. The van der Waals surface area contributed by atoms with Gasteiger partial charge in [0.25, 0.3) is 0 Å². The van der Waals surface area contributed by atoms with Crippen LogP contribution in [0.5, 0.6) is 0 Å². The van der Waals surface area contributed by atoms with Crippen LogP contribution in [0.1, 0.15) is 43.9 Å². The van der Waals surface area contributed by atoms with Crippen molar-refractivity contribution in [3.8, 4) is 0 Å². The molecule has 2 amide bonds. The zero-order valence-corrected chi connectivity index (χ0v) is 20.0. The van der Waals surface area contributed by atoms with Crippen LogP contribution in [0, 0.1) is 5.92 Å². The average Bonchev–Trinajstić information content (AvgIpc) is 2.82. The summed E-state index contributed by atoms with van der Waals surface area (Å²) in [5, 5.41) is 5.94. The second kappa shape index (κ2) is 13.1. The molecule has 0 aliphatic carbocycles. The molecule has 0 saturated carbocycles. The van der Waals surface area contributed by atoms with E-state index in [0.717, 1.165) is 51.3 Å². The Balaban J connectivity index is 1.39. The summed E-state index contributed by atoms with van der Waals surface area (Å²) in [5.74, 6) is 0.00556. The van der Waals surface area contributed by atoms with E-state index in [2.05, 4.69) is 50.8 Å². The van der Waals surface area contributed by atoms with Crippen LogP contribution in [-0.4, -0.2) is 60.9 Å². The SMILES string of the molecule is CC(C)CC(=O)NC(C(=O)NCCCN1CCN(Cc2ccccc2)CC1)c1ccccc1. The molecule has 1 heterocycles. The van der Waals surface area contributed by atoms with Crippen LogP contribution < -0.4 is 10.6 Å². The summed E-state index contributed by atoms with van der Waals surface area (Å²) in [7, 11) is 0. The lowest BCUT2D eigenvalue weighted by Gasteiger charge is -2.34. The molecule has 1 atom stereocenters. The Morgan fingerprint density at radius 3 is 2.12 bits per heavy atom. The fourth-order valence-electron chi connectivity index (χ4n) is 4.17. The highest BCUT2D eigenvalue weighted by molar-refractivity contribution is 5.88. The number of amides is 2. The minimum Gasteiger partial charge on any atom is -0.354 e. The zero-order chi connectivity index (χ0) is 23.5. The van der Waals surface area contributed by atoms with Crippen molar-refractivity contribution < 1.29 is 9.59 Å². The first kappa shape index (κ1) is 24.9. The second-order valence-electron chi connectivity index (χ2n) is 9.26. The highest BCUT2D eigenvalue weighted by Gasteiger charge is 2.23. The molecule has 1 aliphatic rings. The van der Waals surface area contributed by atoms with Gasteiger partial charge in [0.05, 0.1) is 0 Å². The molecule has 178 valence electrons. The molecule has 2 N–H and O–H groups in total. The third kappa shape index (κ3) is 8.63. The van der Waals surface area contributed by atoms with Gasteiger partial charge >= 0.3 is 0 Å². The molecule has 6 heteroatoms. The highest BCUT2D eigenvalue weighted by Crippen LogP contribution is 2.14. The minimum absolute atomic E-state index is 0.0950. The van der Waals surface area contributed by atoms with Gasteiger partial charge in [-0.3, -0.25) is 14.5 Å². The van der Waals surface area contributed by atoms with E-state index in [4.69, 9.17) is 0 Å². The lowest BCUT2D eigenvalue weighted by atomic mass is 10.0. The van der Waals surface area contributed by atoms with Crippen molar-refractivity contribution in [2.75, 3.05) is 39.3 Å². The van der Waals surface area contributed by atoms with Gasteiger partial charge in [0, 0.05) is 45.7 Å². The van der Waals surface area contributed by atoms with Gasteiger partial charge in [-0.25, -0.2) is 0 Å². The van der Waals surface area contributed by atoms with Gasteiger partial charge in [0.15, 0.2) is 0 Å². The lowest BCUT2D eigenvalue weighted by molar-refractivity contribution is -0.129. The van der Waals surface area contributed by atoms with Gasteiger partial charge in [-0.2, -0.15) is 0 Å². The minimum atomic E-state index is -0.654. The van der Waals surface area contributed by atoms with Crippen LogP contribution >= 0.6 is 0 Å². The fourth-order valence-corrected chi connectivity index (χ4v) is 4.17. The van der Waals surface area contributed by atoms with Crippen molar-refractivity contribution >= 4 is 11.8 Å². The third-order valence-electron chi connectivity index (χ3n) is 5.96. The summed E-state index contributed by atoms with van der Waals surface area (Å²) in [6.45, 7) is 10.8. The van der Waals surface area contributed by atoms with Crippen molar-refractivity contribution in [3.63, 3.8) is 0 Å². The number of piperazine rings is 1. The van der Waals surface area contributed by atoms with Crippen molar-refractivity contribution in [1.29, 1.82) is 0 Å². The topological polar surface area (TPSA) is 64.7 Å². The quantitative estimate of drug-likeness (QED) is 0.516. The third-order valence-corrected chi connectivity index (χ3v) is 5.96. The first-order chi connectivity index (χ1) is 16.0. The summed E-state index contributed by atoms with van der Waals surface area (Å²) in [6.07, 6.45) is 1.30. The molecular formula is C27H38N4O2. The smallest absolute Gasteiger partial charge is 0.247 e. The van der Waals surface area contributed by atoms with E-state index in [0.29, 0.717) is 13.0 Å². The van der Waals surface area contributed by atoms with Crippen LogP contribution in [0.25, 0.3) is 0 Å². The normalized spacial score (nSPS) is 15.8. The molecule has 0 radical (unpaired) electrons. The number of carbonyl (C=O) groups excluding carboxylic acids is 2. The molecule has 33 heavy (non-hydrogen) atoms. The molecule has 0 aromatic heterocycles. The molecule has 2 aromatic carbocycles. The number of hydrogen-bond donors (Lipinski definition) is 2. The highest BCUT2D eigenvalue weighted by atomic mass is 16.2. The van der Waals surface area contributed by atoms with Crippen LogP contribution in [0.4, 0.5) is 0 Å². The van der Waals surface area contributed by atoms with E-state index in [1.165, 1.54) is 5.56 Å². The van der Waals surface area contributed by atoms with Crippen molar-refractivity contribution in [1.82, 2.24) is 20.4 Å². The molecule has 1 unspecified atom stereocenters. The number of rotatable bonds is 11. The Morgan fingerprint density at radius 1 is 0.879 bits per heavy atom. The number of nitrogens with one attached hydrogen (secondary N) is 2. The van der Waals surface area contributed by atoms with E-state index in [1.54, 1.807) is 0 Å². The van der Waals surface area contributed by atoms with Gasteiger partial charge < -0.3 is 15.5 Å². The van der Waals surface area contributed by atoms with Crippen molar-refractivity contribution in [2.24, 2.45) is 5.92 Å². The number of hydrogen-bond acceptors (Lipinski definition) is 4. The van der Waals surface area contributed by atoms with E-state index >= 15 is 0 Å². The van der Waals surface area contributed by atoms with E-state index in [-0.39, 0.29) is 17.7 Å². The second-order valence-corrected chi connectivity index (χ2v) is 9.26. The molecule has 0 spiro atoms. The first-order valence-corrected chi connectivity index (χ1v) is 12.1. The average molecular weight is 451 g/mol. The Kier molecular flexibility index (Phi) is 9.91. The maximum absolute atomic E-state index is 12.9. The summed E-state index contributed by atoms with van der Waals surface area (Å²) in [5.41, 5.74) is 2.17. The molecule has 0 bridgehead atoms. The first-order valence-electron chi connectivity index (χ1n) is 12.1. The van der Waals surface area contributed by atoms with Gasteiger partial charge in [-0.05, 0) is 30.0 Å². The van der Waals surface area contributed by atoms with Crippen molar-refractivity contribution in [3.05, 3.63) is 71.8 Å². The summed E-state index contributed by atoms with van der Waals surface area (Å²) in [4.78, 5) is 30.2. The number of benzene rings is 2. The maximum atomic E-state index is 12.9. The molecule has 3 rings (SSSR count). The van der Waals surface area contributed by atoms with E-state index in [1.807, 2.05) is 44.2 Å². The van der Waals surface area contributed by atoms with E-state index < -0.39 is 6.04 Å². The molecule has 6 nitrogen and oxygen atoms in total. The Morgan fingerprint density at radius 2 is 1.48 bits per heavy atom. The monoisotopic (exact) mass is 450 g/mol. The van der Waals surface area contributed by atoms with Gasteiger partial charge in [0.2, 0.25) is 11.8 Å². The van der Waals surface area contributed by atoms with Gasteiger partial charge in [0.1, 0.15) is 6.04 Å². The van der Waals surface area contributed by atoms with Gasteiger partial charge in [-0.15, -0.1) is 0 Å².